The largest absolute Gasteiger partial charge is 0.387 e. The molecule has 1 N–H and O–H groups in total. The van der Waals surface area contributed by atoms with Gasteiger partial charge in [0.1, 0.15) is 0 Å². The molecule has 3 aromatic carbocycles. The summed E-state index contributed by atoms with van der Waals surface area (Å²) < 4.78 is 0. The summed E-state index contributed by atoms with van der Waals surface area (Å²) in [4.78, 5) is 2.07. The Morgan fingerprint density at radius 2 is 1.52 bits per heavy atom. The average Bonchev–Trinajstić information content (AvgIpc) is 2.55. The molecule has 0 saturated heterocycles. The Bertz CT molecular complexity index is 724. The first-order chi connectivity index (χ1) is 10.2. The zero-order chi connectivity index (χ0) is 14.7. The van der Waals surface area contributed by atoms with Gasteiger partial charge in [-0.15, -0.1) is 0 Å². The number of nitrogens with zero attached hydrogens (tertiary/aromatic N) is 1. The zero-order valence-electron chi connectivity index (χ0n) is 12.1. The van der Waals surface area contributed by atoms with E-state index in [0.717, 1.165) is 16.6 Å². The molecule has 3 aromatic rings. The van der Waals surface area contributed by atoms with Crippen molar-refractivity contribution in [3.8, 4) is 0 Å². The molecule has 21 heavy (non-hydrogen) atoms. The van der Waals surface area contributed by atoms with Crippen molar-refractivity contribution in [2.45, 2.75) is 6.10 Å². The fourth-order valence-corrected chi connectivity index (χ4v) is 2.57. The van der Waals surface area contributed by atoms with Crippen LogP contribution in [0.4, 0.5) is 5.69 Å². The number of benzene rings is 3. The van der Waals surface area contributed by atoms with E-state index in [4.69, 9.17) is 0 Å². The normalized spacial score (nSPS) is 12.3. The average molecular weight is 277 g/mol. The Morgan fingerprint density at radius 3 is 2.29 bits per heavy atom. The van der Waals surface area contributed by atoms with E-state index in [9.17, 15) is 5.11 Å². The smallest absolute Gasteiger partial charge is 0.0964 e. The van der Waals surface area contributed by atoms with Gasteiger partial charge in [-0.1, -0.05) is 54.6 Å². The van der Waals surface area contributed by atoms with E-state index in [0.29, 0.717) is 6.54 Å². The first kappa shape index (κ1) is 13.7. The lowest BCUT2D eigenvalue weighted by Gasteiger charge is -2.23. The lowest BCUT2D eigenvalue weighted by Crippen LogP contribution is -2.24. The Labute approximate surface area is 125 Å². The summed E-state index contributed by atoms with van der Waals surface area (Å²) in [6, 6.07) is 24.5. The number of hydrogen-bond donors (Lipinski definition) is 1. The van der Waals surface area contributed by atoms with E-state index in [1.807, 2.05) is 55.6 Å². The SMILES string of the molecule is CN(CC(O)c1ccc2ccccc2c1)c1ccccc1. The fraction of sp³-hybridized carbons (Fsp3) is 0.158. The Kier molecular flexibility index (Phi) is 3.89. The molecule has 0 aromatic heterocycles. The lowest BCUT2D eigenvalue weighted by atomic mass is 10.0. The molecule has 0 bridgehead atoms. The number of aliphatic hydroxyl groups is 1. The summed E-state index contributed by atoms with van der Waals surface area (Å²) in [7, 11) is 2.00. The molecule has 1 unspecified atom stereocenters. The number of anilines is 1. The fourth-order valence-electron chi connectivity index (χ4n) is 2.57. The third-order valence-corrected chi connectivity index (χ3v) is 3.80. The molecule has 0 aliphatic rings. The molecule has 106 valence electrons. The van der Waals surface area contributed by atoms with Crippen molar-refractivity contribution in [2.24, 2.45) is 0 Å². The Hall–Kier alpha value is -2.32. The summed E-state index contributed by atoms with van der Waals surface area (Å²) in [6.45, 7) is 0.572. The molecule has 3 rings (SSSR count). The monoisotopic (exact) mass is 277 g/mol. The van der Waals surface area contributed by atoms with Gasteiger partial charge in [0.2, 0.25) is 0 Å². The first-order valence-electron chi connectivity index (χ1n) is 7.17. The highest BCUT2D eigenvalue weighted by Gasteiger charge is 2.11. The van der Waals surface area contributed by atoms with Gasteiger partial charge in [-0.05, 0) is 34.5 Å². The van der Waals surface area contributed by atoms with E-state index in [1.54, 1.807) is 0 Å². The summed E-state index contributed by atoms with van der Waals surface area (Å²) >= 11 is 0. The topological polar surface area (TPSA) is 23.5 Å². The molecule has 0 aliphatic carbocycles. The molecule has 2 heteroatoms. The molecule has 0 radical (unpaired) electrons. The Morgan fingerprint density at radius 1 is 0.857 bits per heavy atom. The van der Waals surface area contributed by atoms with Crippen molar-refractivity contribution in [2.75, 3.05) is 18.5 Å². The number of fused-ring (bicyclic) bond motifs is 1. The number of aliphatic hydroxyl groups excluding tert-OH is 1. The third kappa shape index (κ3) is 3.06. The second-order valence-corrected chi connectivity index (χ2v) is 5.34. The molecule has 1 atom stereocenters. The highest BCUT2D eigenvalue weighted by molar-refractivity contribution is 5.83. The highest BCUT2D eigenvalue weighted by Crippen LogP contribution is 2.22. The molecule has 0 amide bonds. The second-order valence-electron chi connectivity index (χ2n) is 5.34. The van der Waals surface area contributed by atoms with E-state index >= 15 is 0 Å². The van der Waals surface area contributed by atoms with Crippen LogP contribution in [0.5, 0.6) is 0 Å². The lowest BCUT2D eigenvalue weighted by molar-refractivity contribution is 0.185. The van der Waals surface area contributed by atoms with Crippen LogP contribution < -0.4 is 4.90 Å². The van der Waals surface area contributed by atoms with E-state index in [2.05, 4.69) is 29.2 Å². The van der Waals surface area contributed by atoms with Gasteiger partial charge in [-0.3, -0.25) is 0 Å². The molecule has 2 nitrogen and oxygen atoms in total. The first-order valence-corrected chi connectivity index (χ1v) is 7.17. The minimum absolute atomic E-state index is 0.500. The summed E-state index contributed by atoms with van der Waals surface area (Å²) in [5.74, 6) is 0. The van der Waals surface area contributed by atoms with Crippen LogP contribution in [0.3, 0.4) is 0 Å². The van der Waals surface area contributed by atoms with Crippen LogP contribution in [0, 0.1) is 0 Å². The number of rotatable bonds is 4. The van der Waals surface area contributed by atoms with Gasteiger partial charge in [-0.2, -0.15) is 0 Å². The van der Waals surface area contributed by atoms with Crippen LogP contribution in [0.15, 0.2) is 72.8 Å². The summed E-state index contributed by atoms with van der Waals surface area (Å²) in [5.41, 5.74) is 2.06. The Balaban J connectivity index is 1.79. The minimum Gasteiger partial charge on any atom is -0.387 e. The van der Waals surface area contributed by atoms with Crippen molar-refractivity contribution in [1.29, 1.82) is 0 Å². The highest BCUT2D eigenvalue weighted by atomic mass is 16.3. The van der Waals surface area contributed by atoms with Gasteiger partial charge in [0, 0.05) is 19.3 Å². The maximum atomic E-state index is 10.5. The maximum absolute atomic E-state index is 10.5. The van der Waals surface area contributed by atoms with Crippen molar-refractivity contribution in [3.05, 3.63) is 78.4 Å². The molecule has 0 spiro atoms. The van der Waals surface area contributed by atoms with Crippen LogP contribution in [0.2, 0.25) is 0 Å². The van der Waals surface area contributed by atoms with Gasteiger partial charge in [0.05, 0.1) is 6.10 Å². The standard InChI is InChI=1S/C19H19NO/c1-20(18-9-3-2-4-10-18)14-19(21)17-12-11-15-7-5-6-8-16(15)13-17/h2-13,19,21H,14H2,1H3. The third-order valence-electron chi connectivity index (χ3n) is 3.80. The molecular weight excluding hydrogens is 258 g/mol. The quantitative estimate of drug-likeness (QED) is 0.779. The van der Waals surface area contributed by atoms with Crippen molar-refractivity contribution < 1.29 is 5.11 Å². The van der Waals surface area contributed by atoms with Gasteiger partial charge >= 0.3 is 0 Å². The molecule has 0 saturated carbocycles. The molecule has 0 aliphatic heterocycles. The van der Waals surface area contributed by atoms with Crippen LogP contribution in [0.1, 0.15) is 11.7 Å². The predicted molar refractivity (Wildman–Crippen MR) is 88.6 cm³/mol. The van der Waals surface area contributed by atoms with E-state index in [-0.39, 0.29) is 0 Å². The second kappa shape index (κ2) is 5.98. The van der Waals surface area contributed by atoms with Crippen molar-refractivity contribution in [1.82, 2.24) is 0 Å². The van der Waals surface area contributed by atoms with Gasteiger partial charge in [-0.25, -0.2) is 0 Å². The van der Waals surface area contributed by atoms with Gasteiger partial charge < -0.3 is 10.0 Å². The number of likely N-dealkylation sites (N-methyl/N-ethyl adjacent to an activating group) is 1. The number of hydrogen-bond acceptors (Lipinski definition) is 2. The molecule has 0 fully saturated rings. The van der Waals surface area contributed by atoms with Gasteiger partial charge in [0.25, 0.3) is 0 Å². The predicted octanol–water partition coefficient (Wildman–Crippen LogP) is 4.01. The van der Waals surface area contributed by atoms with Crippen LogP contribution in [-0.4, -0.2) is 18.7 Å². The van der Waals surface area contributed by atoms with Crippen molar-refractivity contribution >= 4 is 16.5 Å². The van der Waals surface area contributed by atoms with Crippen LogP contribution in [0.25, 0.3) is 10.8 Å². The van der Waals surface area contributed by atoms with E-state index < -0.39 is 6.10 Å². The van der Waals surface area contributed by atoms with E-state index in [1.165, 1.54) is 5.39 Å². The van der Waals surface area contributed by atoms with Gasteiger partial charge in [0.15, 0.2) is 0 Å². The van der Waals surface area contributed by atoms with Crippen LogP contribution in [-0.2, 0) is 0 Å². The zero-order valence-corrected chi connectivity index (χ0v) is 12.1. The maximum Gasteiger partial charge on any atom is 0.0964 e. The number of para-hydroxylation sites is 1. The molecule has 0 heterocycles. The summed E-state index contributed by atoms with van der Waals surface area (Å²) in [5, 5.41) is 12.8. The van der Waals surface area contributed by atoms with Crippen molar-refractivity contribution in [3.63, 3.8) is 0 Å². The summed E-state index contributed by atoms with van der Waals surface area (Å²) in [6.07, 6.45) is -0.500. The minimum atomic E-state index is -0.500. The van der Waals surface area contributed by atoms with Crippen LogP contribution >= 0.6 is 0 Å². The molecular formula is C19H19NO.